The number of rotatable bonds is 6. The number of hydrogen-bond donors (Lipinski definition) is 3. The van der Waals surface area contributed by atoms with Crippen LogP contribution in [-0.4, -0.2) is 38.3 Å². The predicted octanol–water partition coefficient (Wildman–Crippen LogP) is 5.49. The van der Waals surface area contributed by atoms with E-state index in [9.17, 15) is 9.59 Å². The van der Waals surface area contributed by atoms with Gasteiger partial charge in [0.2, 0.25) is 5.95 Å². The zero-order valence-electron chi connectivity index (χ0n) is 22.1. The van der Waals surface area contributed by atoms with E-state index in [-0.39, 0.29) is 5.91 Å². The number of pyridine rings is 1. The predicted molar refractivity (Wildman–Crippen MR) is 152 cm³/mol. The molecule has 0 aliphatic heterocycles. The third-order valence-electron chi connectivity index (χ3n) is 5.73. The number of carbonyl (C=O) groups excluding carboxylic acids is 2. The SMILES string of the molecule is CC.COC(=O)c1ccn2c(-c3ccnc(Nc4ccc(C(=O)Nc5ccccc5N)cc4)n3)c(C)nc2c1. The second-order valence-electron chi connectivity index (χ2n) is 8.19. The van der Waals surface area contributed by atoms with Crippen molar-refractivity contribution >= 4 is 40.5 Å². The zero-order valence-corrected chi connectivity index (χ0v) is 22.1. The van der Waals surface area contributed by atoms with Crippen LogP contribution in [0.5, 0.6) is 0 Å². The van der Waals surface area contributed by atoms with Crippen LogP contribution >= 0.6 is 0 Å². The summed E-state index contributed by atoms with van der Waals surface area (Å²) >= 11 is 0. The Morgan fingerprint density at radius 3 is 2.41 bits per heavy atom. The van der Waals surface area contributed by atoms with Crippen LogP contribution < -0.4 is 16.4 Å². The first-order valence-corrected chi connectivity index (χ1v) is 12.4. The van der Waals surface area contributed by atoms with Gasteiger partial charge in [-0.05, 0) is 61.5 Å². The maximum absolute atomic E-state index is 12.6. The van der Waals surface area contributed by atoms with Gasteiger partial charge in [0.25, 0.3) is 5.91 Å². The van der Waals surface area contributed by atoms with Crippen molar-refractivity contribution in [2.75, 3.05) is 23.5 Å². The number of fused-ring (bicyclic) bond motifs is 1. The van der Waals surface area contributed by atoms with E-state index in [1.807, 2.05) is 25.2 Å². The highest BCUT2D eigenvalue weighted by Crippen LogP contribution is 2.25. The van der Waals surface area contributed by atoms with Crippen LogP contribution in [0.4, 0.5) is 23.0 Å². The molecule has 0 saturated carbocycles. The number of aromatic nitrogens is 4. The first-order valence-electron chi connectivity index (χ1n) is 12.4. The molecule has 3 heterocycles. The molecule has 5 rings (SSSR count). The number of para-hydroxylation sites is 2. The van der Waals surface area contributed by atoms with Crippen LogP contribution in [0.1, 0.15) is 40.3 Å². The topological polar surface area (TPSA) is 137 Å². The van der Waals surface area contributed by atoms with E-state index in [1.54, 1.807) is 79.1 Å². The molecule has 39 heavy (non-hydrogen) atoms. The average molecular weight is 524 g/mol. The highest BCUT2D eigenvalue weighted by molar-refractivity contribution is 6.05. The van der Waals surface area contributed by atoms with Gasteiger partial charge in [-0.2, -0.15) is 0 Å². The highest BCUT2D eigenvalue weighted by atomic mass is 16.5. The van der Waals surface area contributed by atoms with E-state index >= 15 is 0 Å². The monoisotopic (exact) mass is 523 g/mol. The molecule has 1 amide bonds. The molecule has 0 radical (unpaired) electrons. The number of hydrogen-bond acceptors (Lipinski definition) is 8. The molecule has 0 saturated heterocycles. The zero-order chi connectivity index (χ0) is 27.9. The molecular weight excluding hydrogens is 494 g/mol. The second kappa shape index (κ2) is 11.9. The van der Waals surface area contributed by atoms with Gasteiger partial charge < -0.3 is 21.1 Å². The minimum Gasteiger partial charge on any atom is -0.465 e. The molecule has 0 aliphatic rings. The standard InChI is InChI=1S/C27H23N7O3.C2H6/c1-16-24(34-14-12-18(26(36)37-2)15-23(34)30-16)22-11-13-29-27(33-22)31-19-9-7-17(8-10-19)25(35)32-21-6-4-3-5-20(21)28;1-2/h3-15H,28H2,1-2H3,(H,32,35)(H,29,31,33);1-2H3. The Labute approximate surface area is 225 Å². The molecule has 0 aliphatic carbocycles. The first kappa shape index (κ1) is 26.8. The summed E-state index contributed by atoms with van der Waals surface area (Å²) in [6.07, 6.45) is 3.41. The van der Waals surface area contributed by atoms with Crippen LogP contribution in [0.25, 0.3) is 17.0 Å². The van der Waals surface area contributed by atoms with E-state index in [0.29, 0.717) is 45.5 Å². The summed E-state index contributed by atoms with van der Waals surface area (Å²) in [7, 11) is 1.34. The Bertz CT molecular complexity index is 1630. The summed E-state index contributed by atoms with van der Waals surface area (Å²) in [5, 5.41) is 5.97. The summed E-state index contributed by atoms with van der Waals surface area (Å²) in [6, 6.07) is 19.2. The van der Waals surface area contributed by atoms with Crippen molar-refractivity contribution in [1.29, 1.82) is 0 Å². The van der Waals surface area contributed by atoms with Crippen LogP contribution in [0.3, 0.4) is 0 Å². The number of benzene rings is 2. The quantitative estimate of drug-likeness (QED) is 0.196. The molecule has 10 heteroatoms. The number of carbonyl (C=O) groups is 2. The summed E-state index contributed by atoms with van der Waals surface area (Å²) < 4.78 is 6.66. The number of methoxy groups -OCH3 is 1. The highest BCUT2D eigenvalue weighted by Gasteiger charge is 2.16. The Hall–Kier alpha value is -5.25. The molecule has 2 aromatic carbocycles. The lowest BCUT2D eigenvalue weighted by Gasteiger charge is -2.10. The minimum absolute atomic E-state index is 0.263. The Balaban J connectivity index is 0.00000172. The summed E-state index contributed by atoms with van der Waals surface area (Å²) in [4.78, 5) is 38.0. The van der Waals surface area contributed by atoms with Gasteiger partial charge in [0.05, 0.1) is 41.1 Å². The largest absolute Gasteiger partial charge is 0.465 e. The number of nitrogens with zero attached hydrogens (tertiary/aromatic N) is 4. The molecule has 3 aromatic heterocycles. The normalized spacial score (nSPS) is 10.4. The summed E-state index contributed by atoms with van der Waals surface area (Å²) in [5.41, 5.74) is 11.4. The smallest absolute Gasteiger partial charge is 0.338 e. The van der Waals surface area contributed by atoms with Gasteiger partial charge in [-0.3, -0.25) is 9.20 Å². The Morgan fingerprint density at radius 2 is 1.69 bits per heavy atom. The van der Waals surface area contributed by atoms with Crippen molar-refractivity contribution in [2.24, 2.45) is 0 Å². The van der Waals surface area contributed by atoms with Gasteiger partial charge >= 0.3 is 5.97 Å². The van der Waals surface area contributed by atoms with E-state index in [4.69, 9.17) is 10.5 Å². The molecule has 10 nitrogen and oxygen atoms in total. The Kier molecular flexibility index (Phi) is 8.15. The molecule has 0 unspecified atom stereocenters. The minimum atomic E-state index is -0.425. The van der Waals surface area contributed by atoms with Crippen molar-refractivity contribution in [3.8, 4) is 11.4 Å². The average Bonchev–Trinajstić information content (AvgIpc) is 3.30. The third kappa shape index (κ3) is 5.85. The molecule has 0 spiro atoms. The lowest BCUT2D eigenvalue weighted by atomic mass is 10.2. The fourth-order valence-electron chi connectivity index (χ4n) is 3.91. The van der Waals surface area contributed by atoms with E-state index in [2.05, 4.69) is 25.6 Å². The number of ether oxygens (including phenoxy) is 1. The van der Waals surface area contributed by atoms with E-state index in [0.717, 1.165) is 11.4 Å². The lowest BCUT2D eigenvalue weighted by molar-refractivity contribution is 0.0600. The van der Waals surface area contributed by atoms with Crippen molar-refractivity contribution in [1.82, 2.24) is 19.4 Å². The molecular formula is C29H29N7O3. The fraction of sp³-hybridized carbons (Fsp3) is 0.138. The van der Waals surface area contributed by atoms with Gasteiger partial charge in [0.1, 0.15) is 5.65 Å². The first-order chi connectivity index (χ1) is 18.9. The molecule has 4 N–H and O–H groups in total. The molecule has 0 atom stereocenters. The maximum Gasteiger partial charge on any atom is 0.338 e. The number of anilines is 4. The molecule has 0 bridgehead atoms. The number of esters is 1. The van der Waals surface area contributed by atoms with Crippen LogP contribution in [0.15, 0.2) is 79.1 Å². The molecule has 0 fully saturated rings. The van der Waals surface area contributed by atoms with Crippen LogP contribution in [-0.2, 0) is 4.74 Å². The van der Waals surface area contributed by atoms with Gasteiger partial charge in [-0.1, -0.05) is 26.0 Å². The van der Waals surface area contributed by atoms with Crippen molar-refractivity contribution in [3.05, 3.63) is 95.9 Å². The Morgan fingerprint density at radius 1 is 0.949 bits per heavy atom. The number of amides is 1. The number of nitrogens with two attached hydrogens (primary N) is 1. The molecule has 5 aromatic rings. The number of aryl methyl sites for hydroxylation is 1. The number of nitrogens with one attached hydrogen (secondary N) is 2. The number of imidazole rings is 1. The van der Waals surface area contributed by atoms with Crippen LogP contribution in [0, 0.1) is 6.92 Å². The maximum atomic E-state index is 12.6. The fourth-order valence-corrected chi connectivity index (χ4v) is 3.91. The summed E-state index contributed by atoms with van der Waals surface area (Å²) in [5.74, 6) is -0.306. The van der Waals surface area contributed by atoms with E-state index in [1.165, 1.54) is 7.11 Å². The summed E-state index contributed by atoms with van der Waals surface area (Å²) in [6.45, 7) is 5.88. The van der Waals surface area contributed by atoms with Gasteiger partial charge in [0, 0.05) is 23.6 Å². The second-order valence-corrected chi connectivity index (χ2v) is 8.19. The van der Waals surface area contributed by atoms with E-state index < -0.39 is 5.97 Å². The van der Waals surface area contributed by atoms with Crippen LogP contribution in [0.2, 0.25) is 0 Å². The number of nitrogen functional groups attached to an aromatic ring is 1. The third-order valence-corrected chi connectivity index (χ3v) is 5.73. The lowest BCUT2D eigenvalue weighted by Crippen LogP contribution is -2.13. The van der Waals surface area contributed by atoms with Gasteiger partial charge in [0.15, 0.2) is 0 Å². The van der Waals surface area contributed by atoms with Crippen molar-refractivity contribution in [3.63, 3.8) is 0 Å². The van der Waals surface area contributed by atoms with Gasteiger partial charge in [-0.25, -0.2) is 19.7 Å². The molecule has 198 valence electrons. The van der Waals surface area contributed by atoms with Crippen molar-refractivity contribution in [2.45, 2.75) is 20.8 Å². The van der Waals surface area contributed by atoms with Crippen molar-refractivity contribution < 1.29 is 14.3 Å². The van der Waals surface area contributed by atoms with Gasteiger partial charge in [-0.15, -0.1) is 0 Å².